The number of ether oxygens (including phenoxy) is 4. The number of hydrogen-bond acceptors (Lipinski definition) is 11. The summed E-state index contributed by atoms with van der Waals surface area (Å²) in [7, 11) is 7.44. The lowest BCUT2D eigenvalue weighted by atomic mass is 10.1. The van der Waals surface area contributed by atoms with Gasteiger partial charge in [0.25, 0.3) is 11.8 Å². The van der Waals surface area contributed by atoms with E-state index in [1.165, 1.54) is 14.2 Å². The summed E-state index contributed by atoms with van der Waals surface area (Å²) in [5.41, 5.74) is 7.45. The van der Waals surface area contributed by atoms with Crippen molar-refractivity contribution >= 4 is 73.6 Å². The Balaban J connectivity index is 1.03. The zero-order valence-electron chi connectivity index (χ0n) is 40.0. The number of anilines is 4. The van der Waals surface area contributed by atoms with E-state index in [1.807, 2.05) is 68.6 Å². The SMILES string of the molecule is CCCCCC(=O)NCC(=O)NC(C)C(=O)Nc1cc(COc2cc3c(cc2OC)C(=O)N2c4ccccc4CC2C=N3)cc(COc2cc(N(C)P)c(C(=O)N3CCc4ccccc43)cc2OC)c1. The molecule has 364 valence electrons. The molecule has 0 saturated heterocycles. The summed E-state index contributed by atoms with van der Waals surface area (Å²) in [5.74, 6) is -0.177. The number of amides is 5. The van der Waals surface area contributed by atoms with Crippen molar-refractivity contribution < 1.29 is 42.9 Å². The third-order valence-electron chi connectivity index (χ3n) is 12.5. The highest BCUT2D eigenvalue weighted by molar-refractivity contribution is 7.19. The highest BCUT2D eigenvalue weighted by Gasteiger charge is 2.37. The van der Waals surface area contributed by atoms with Gasteiger partial charge in [0, 0.05) is 61.8 Å². The van der Waals surface area contributed by atoms with Crippen LogP contribution in [0.2, 0.25) is 0 Å². The number of para-hydroxylation sites is 2. The molecule has 70 heavy (non-hydrogen) atoms. The van der Waals surface area contributed by atoms with Crippen molar-refractivity contribution in [3.05, 3.63) is 124 Å². The van der Waals surface area contributed by atoms with Crippen molar-refractivity contribution in [1.29, 1.82) is 0 Å². The van der Waals surface area contributed by atoms with Crippen LogP contribution in [-0.4, -0.2) is 82.2 Å². The summed E-state index contributed by atoms with van der Waals surface area (Å²) in [6.45, 7) is 3.90. The third kappa shape index (κ3) is 10.9. The highest BCUT2D eigenvalue weighted by atomic mass is 31.0. The number of methoxy groups -OCH3 is 2. The van der Waals surface area contributed by atoms with Crippen LogP contribution >= 0.6 is 9.39 Å². The second kappa shape index (κ2) is 21.9. The molecule has 3 unspecified atom stereocenters. The van der Waals surface area contributed by atoms with Gasteiger partial charge in [0.2, 0.25) is 17.7 Å². The van der Waals surface area contributed by atoms with E-state index < -0.39 is 17.9 Å². The van der Waals surface area contributed by atoms with Crippen molar-refractivity contribution in [3.8, 4) is 23.0 Å². The summed E-state index contributed by atoms with van der Waals surface area (Å²) >= 11 is 0. The first kappa shape index (κ1) is 49.0. The largest absolute Gasteiger partial charge is 0.493 e. The molecule has 5 amide bonds. The maximum Gasteiger partial charge on any atom is 0.261 e. The minimum atomic E-state index is -0.956. The van der Waals surface area contributed by atoms with Crippen LogP contribution in [0.25, 0.3) is 0 Å². The number of carbonyl (C=O) groups excluding carboxylic acids is 5. The molecular formula is C53H58N7O9P. The molecule has 0 saturated carbocycles. The van der Waals surface area contributed by atoms with E-state index >= 15 is 0 Å². The van der Waals surface area contributed by atoms with E-state index in [-0.39, 0.29) is 43.5 Å². The molecule has 3 N–H and O–H groups in total. The fourth-order valence-corrected chi connectivity index (χ4v) is 9.12. The number of fused-ring (bicyclic) bond motifs is 5. The summed E-state index contributed by atoms with van der Waals surface area (Å²) in [6, 6.07) is 26.7. The Hall–Kier alpha value is -7.45. The van der Waals surface area contributed by atoms with Crippen molar-refractivity contribution in [1.82, 2.24) is 10.6 Å². The predicted octanol–water partition coefficient (Wildman–Crippen LogP) is 7.72. The number of nitrogens with one attached hydrogen (secondary N) is 3. The number of aliphatic imine (C=N–C) groups is 1. The second-order valence-electron chi connectivity index (χ2n) is 17.5. The van der Waals surface area contributed by atoms with Gasteiger partial charge in [-0.3, -0.25) is 33.9 Å². The Morgan fingerprint density at radius 1 is 0.829 bits per heavy atom. The molecule has 3 aliphatic rings. The molecule has 0 radical (unpaired) electrons. The zero-order chi connectivity index (χ0) is 49.5. The predicted molar refractivity (Wildman–Crippen MR) is 273 cm³/mol. The maximum atomic E-state index is 14.1. The van der Waals surface area contributed by atoms with E-state index in [4.69, 9.17) is 23.9 Å². The Morgan fingerprint density at radius 3 is 2.20 bits per heavy atom. The van der Waals surface area contributed by atoms with Gasteiger partial charge in [0.15, 0.2) is 23.0 Å². The average Bonchev–Trinajstić information content (AvgIpc) is 3.94. The summed E-state index contributed by atoms with van der Waals surface area (Å²) < 4.78 is 26.2. The number of hydrogen-bond donors (Lipinski definition) is 3. The molecule has 0 bridgehead atoms. The Morgan fingerprint density at radius 2 is 1.50 bits per heavy atom. The zero-order valence-corrected chi connectivity index (χ0v) is 41.2. The first-order valence-corrected chi connectivity index (χ1v) is 23.9. The van der Waals surface area contributed by atoms with E-state index in [9.17, 15) is 24.0 Å². The molecule has 3 aliphatic heterocycles. The molecular weight excluding hydrogens is 910 g/mol. The fraction of sp³-hybridized carbons (Fsp3) is 0.321. The number of unbranched alkanes of at least 4 members (excludes halogenated alkanes) is 2. The lowest BCUT2D eigenvalue weighted by Gasteiger charge is -2.24. The van der Waals surface area contributed by atoms with Crippen LogP contribution in [0, 0.1) is 0 Å². The summed E-state index contributed by atoms with van der Waals surface area (Å²) in [6.07, 6.45) is 6.16. The minimum Gasteiger partial charge on any atom is -0.493 e. The van der Waals surface area contributed by atoms with E-state index in [2.05, 4.69) is 25.3 Å². The quantitative estimate of drug-likeness (QED) is 0.0548. The first-order valence-electron chi connectivity index (χ1n) is 23.4. The van der Waals surface area contributed by atoms with Crippen LogP contribution in [0.15, 0.2) is 96.0 Å². The molecule has 17 heteroatoms. The molecule has 0 spiro atoms. The minimum absolute atomic E-state index is 0.00234. The van der Waals surface area contributed by atoms with Gasteiger partial charge < -0.3 is 44.5 Å². The molecule has 5 aromatic carbocycles. The van der Waals surface area contributed by atoms with Crippen LogP contribution in [0.5, 0.6) is 23.0 Å². The maximum absolute atomic E-state index is 14.1. The van der Waals surface area contributed by atoms with E-state index in [0.717, 1.165) is 48.2 Å². The van der Waals surface area contributed by atoms with E-state index in [0.29, 0.717) is 81.7 Å². The van der Waals surface area contributed by atoms with Crippen molar-refractivity contribution in [2.45, 2.75) is 77.7 Å². The molecule has 8 rings (SSSR count). The van der Waals surface area contributed by atoms with Gasteiger partial charge >= 0.3 is 0 Å². The van der Waals surface area contributed by atoms with Crippen LogP contribution in [0.4, 0.5) is 28.4 Å². The molecule has 0 aliphatic carbocycles. The van der Waals surface area contributed by atoms with Crippen molar-refractivity contribution in [3.63, 3.8) is 0 Å². The van der Waals surface area contributed by atoms with Gasteiger partial charge in [-0.2, -0.15) is 0 Å². The van der Waals surface area contributed by atoms with Crippen LogP contribution < -0.4 is 49.4 Å². The summed E-state index contributed by atoms with van der Waals surface area (Å²) in [4.78, 5) is 75.0. The lowest BCUT2D eigenvalue weighted by Crippen LogP contribution is -2.45. The molecule has 3 atom stereocenters. The van der Waals surface area contributed by atoms with Crippen LogP contribution in [-0.2, 0) is 40.4 Å². The van der Waals surface area contributed by atoms with Crippen molar-refractivity contribution in [2.24, 2.45) is 4.99 Å². The van der Waals surface area contributed by atoms with Crippen molar-refractivity contribution in [2.75, 3.05) is 54.1 Å². The molecule has 3 heterocycles. The number of nitrogens with zero attached hydrogens (tertiary/aromatic N) is 4. The summed E-state index contributed by atoms with van der Waals surface area (Å²) in [5, 5.41) is 8.18. The van der Waals surface area contributed by atoms with Crippen LogP contribution in [0.3, 0.4) is 0 Å². The van der Waals surface area contributed by atoms with Gasteiger partial charge in [0.1, 0.15) is 19.3 Å². The monoisotopic (exact) mass is 967 g/mol. The smallest absolute Gasteiger partial charge is 0.261 e. The Labute approximate surface area is 410 Å². The third-order valence-corrected chi connectivity index (χ3v) is 12.8. The Kier molecular flexibility index (Phi) is 15.3. The van der Waals surface area contributed by atoms with Crippen LogP contribution in [0.1, 0.15) is 82.5 Å². The van der Waals surface area contributed by atoms with Gasteiger partial charge in [-0.25, -0.2) is 0 Å². The van der Waals surface area contributed by atoms with E-state index in [1.54, 1.807) is 64.0 Å². The molecule has 16 nitrogen and oxygen atoms in total. The molecule has 0 aromatic heterocycles. The highest BCUT2D eigenvalue weighted by Crippen LogP contribution is 2.42. The van der Waals surface area contributed by atoms with Gasteiger partial charge in [-0.15, -0.1) is 0 Å². The number of rotatable bonds is 19. The topological polar surface area (TPSA) is 180 Å². The first-order chi connectivity index (χ1) is 33.8. The Bertz CT molecular complexity index is 2850. The second-order valence-corrected chi connectivity index (χ2v) is 18.2. The van der Waals surface area contributed by atoms with Gasteiger partial charge in [-0.05, 0) is 93.9 Å². The number of carbonyl (C=O) groups is 5. The molecule has 5 aromatic rings. The number of benzene rings is 5. The standard InChI is InChI=1S/C53H58N7O9P/c1-6-7-8-17-49(61)55-29-50(62)56-32(2)51(63)57-37-21-33(30-68-47-26-41-39(24-45(47)66-4)53(65)60-38(28-54-41)23-36-14-10-12-16-43(36)60)20-34(22-37)31-69-48-27-44(58(3)70)40(25-46(48)67-5)52(64)59-19-18-35-13-9-11-15-42(35)59/h9-16,20-22,24-28,32,38H,6-8,17-19,23,29-31,70H2,1-5H3,(H,55,61)(H,56,62)(H,57,63). The van der Waals surface area contributed by atoms with Gasteiger partial charge in [-0.1, -0.05) is 56.2 Å². The average molecular weight is 968 g/mol. The van der Waals surface area contributed by atoms with Gasteiger partial charge in [0.05, 0.1) is 49.3 Å². The fourth-order valence-electron chi connectivity index (χ4n) is 8.90. The normalized spacial score (nSPS) is 14.6. The molecule has 0 fully saturated rings. The lowest BCUT2D eigenvalue weighted by molar-refractivity contribution is -0.128.